The number of hydrogen-bond donors (Lipinski definition) is 1. The summed E-state index contributed by atoms with van der Waals surface area (Å²) in [4.78, 5) is 28.4. The first-order valence-corrected chi connectivity index (χ1v) is 12.1. The van der Waals surface area contributed by atoms with Gasteiger partial charge in [-0.3, -0.25) is 9.80 Å². The maximum atomic E-state index is 14.0. The Balaban J connectivity index is 1.66. The van der Waals surface area contributed by atoms with Gasteiger partial charge in [0, 0.05) is 32.4 Å². The van der Waals surface area contributed by atoms with Gasteiger partial charge in [-0.1, -0.05) is 0 Å². The number of nitrogens with zero attached hydrogens (tertiary/aromatic N) is 3. The Morgan fingerprint density at radius 2 is 1.73 bits per heavy atom. The van der Waals surface area contributed by atoms with Crippen LogP contribution in [0.2, 0.25) is 0 Å². The average molecular weight is 579 g/mol. The second-order valence-corrected chi connectivity index (χ2v) is 9.25. The number of aliphatic hydroxyl groups excluding tert-OH is 1. The van der Waals surface area contributed by atoms with Crippen LogP contribution in [0.25, 0.3) is 0 Å². The third-order valence-corrected chi connectivity index (χ3v) is 6.63. The first-order valence-electron chi connectivity index (χ1n) is 12.1. The van der Waals surface area contributed by atoms with Crippen molar-refractivity contribution in [2.45, 2.75) is 37.4 Å². The Bertz CT molecular complexity index is 1250. The Morgan fingerprint density at radius 3 is 2.27 bits per heavy atom. The van der Waals surface area contributed by atoms with Gasteiger partial charge in [0.1, 0.15) is 11.4 Å². The van der Waals surface area contributed by atoms with Gasteiger partial charge in [-0.05, 0) is 49.2 Å². The topological polar surface area (TPSA) is 82.6 Å². The molecule has 8 nitrogen and oxygen atoms in total. The van der Waals surface area contributed by atoms with Gasteiger partial charge in [0.15, 0.2) is 5.75 Å². The molecule has 0 aromatic heterocycles. The molecule has 1 aliphatic carbocycles. The van der Waals surface area contributed by atoms with Gasteiger partial charge in [-0.2, -0.15) is 26.3 Å². The van der Waals surface area contributed by atoms with Gasteiger partial charge in [0.2, 0.25) is 0 Å². The lowest BCUT2D eigenvalue weighted by Crippen LogP contribution is -2.41. The smallest absolute Gasteiger partial charge is 0.407 e. The maximum Gasteiger partial charge on any atom is 0.420 e. The van der Waals surface area contributed by atoms with Gasteiger partial charge >= 0.3 is 24.5 Å². The zero-order valence-corrected chi connectivity index (χ0v) is 20.9. The molecule has 4 rings (SSSR count). The Morgan fingerprint density at radius 1 is 1.05 bits per heavy atom. The largest absolute Gasteiger partial charge is 0.420 e. The minimum atomic E-state index is -5.40. The second-order valence-electron chi connectivity index (χ2n) is 9.25. The fraction of sp³-hybridized carbons (Fsp3) is 0.440. The van der Waals surface area contributed by atoms with Crippen LogP contribution < -0.4 is 14.5 Å². The Hall–Kier alpha value is -3.59. The van der Waals surface area contributed by atoms with E-state index in [1.54, 1.807) is 0 Å². The number of hydrogen-bond acceptors (Lipinski definition) is 5. The fourth-order valence-electron chi connectivity index (χ4n) is 4.20. The van der Waals surface area contributed by atoms with Crippen LogP contribution in [-0.4, -0.2) is 67.6 Å². The summed E-state index contributed by atoms with van der Waals surface area (Å²) in [7, 11) is 1.11. The van der Waals surface area contributed by atoms with Crippen LogP contribution in [0.5, 0.6) is 5.75 Å². The molecule has 3 amide bonds. The van der Waals surface area contributed by atoms with Crippen molar-refractivity contribution in [1.29, 1.82) is 0 Å². The number of urea groups is 1. The molecule has 1 aliphatic heterocycles. The predicted molar refractivity (Wildman–Crippen MR) is 127 cm³/mol. The highest BCUT2D eigenvalue weighted by molar-refractivity contribution is 5.97. The number of benzene rings is 2. The normalized spacial score (nSPS) is 19.6. The number of alkyl halides is 6. The van der Waals surface area contributed by atoms with Crippen LogP contribution in [0.3, 0.4) is 0 Å². The first-order chi connectivity index (χ1) is 18.7. The van der Waals surface area contributed by atoms with Crippen LogP contribution >= 0.6 is 0 Å². The molecule has 40 heavy (non-hydrogen) atoms. The van der Waals surface area contributed by atoms with Crippen LogP contribution in [0.4, 0.5) is 51.7 Å². The number of carbonyl (C=O) groups is 2. The first kappa shape index (κ1) is 29.4. The number of rotatable bonds is 7. The third kappa shape index (κ3) is 6.25. The van der Waals surface area contributed by atoms with Crippen molar-refractivity contribution >= 4 is 23.5 Å². The van der Waals surface area contributed by atoms with E-state index in [9.17, 15) is 45.4 Å². The molecule has 1 saturated heterocycles. The highest BCUT2D eigenvalue weighted by Crippen LogP contribution is 2.47. The van der Waals surface area contributed by atoms with Crippen molar-refractivity contribution in [2.24, 2.45) is 0 Å². The molecule has 2 unspecified atom stereocenters. The van der Waals surface area contributed by atoms with Crippen molar-refractivity contribution in [3.05, 3.63) is 53.3 Å². The monoisotopic (exact) mass is 579 g/mol. The molecule has 1 saturated carbocycles. The molecular weight excluding hydrogens is 555 g/mol. The average Bonchev–Trinajstić information content (AvgIpc) is 3.24. The van der Waals surface area contributed by atoms with E-state index < -0.39 is 65.1 Å². The summed E-state index contributed by atoms with van der Waals surface area (Å²) in [5.41, 5.74) is -4.49. The standard InChI is InChI=1S/C25H24F7N3O5/c1-33(16-4-2-15(26)3-5-16)23(38)40-21-17(25(30,31)32)12-14(24(27,28)29)13-18(21)35-9-8-34(22(35)37)10-11-39-20-7-6-19(20)36/h2-5,12-13,19-20,36H,6-11H2,1H3. The van der Waals surface area contributed by atoms with Crippen molar-refractivity contribution in [1.82, 2.24) is 4.90 Å². The van der Waals surface area contributed by atoms with Gasteiger partial charge in [0.05, 0.1) is 30.1 Å². The van der Waals surface area contributed by atoms with Gasteiger partial charge in [0.25, 0.3) is 0 Å². The summed E-state index contributed by atoms with van der Waals surface area (Å²) in [6.07, 6.45) is -11.9. The molecule has 15 heteroatoms. The molecule has 2 aromatic carbocycles. The van der Waals surface area contributed by atoms with Gasteiger partial charge < -0.3 is 19.5 Å². The Kier molecular flexibility index (Phi) is 8.17. The van der Waals surface area contributed by atoms with Gasteiger partial charge in [-0.15, -0.1) is 0 Å². The second kappa shape index (κ2) is 11.1. The molecule has 0 radical (unpaired) electrons. The molecule has 2 fully saturated rings. The van der Waals surface area contributed by atoms with E-state index in [0.717, 1.165) is 41.1 Å². The van der Waals surface area contributed by atoms with Crippen LogP contribution in [0.15, 0.2) is 36.4 Å². The Labute approximate surface area is 223 Å². The maximum absolute atomic E-state index is 14.0. The van der Waals surface area contributed by atoms with E-state index in [-0.39, 0.29) is 38.0 Å². The fourth-order valence-corrected chi connectivity index (χ4v) is 4.20. The summed E-state index contributed by atoms with van der Waals surface area (Å²) in [6, 6.07) is 3.45. The lowest BCUT2D eigenvalue weighted by molar-refractivity contribution is -0.143. The van der Waals surface area contributed by atoms with Crippen LogP contribution in [0, 0.1) is 5.82 Å². The van der Waals surface area contributed by atoms with E-state index in [2.05, 4.69) is 0 Å². The molecule has 1 heterocycles. The molecule has 0 bridgehead atoms. The summed E-state index contributed by atoms with van der Waals surface area (Å²) in [5.74, 6) is -1.94. The number of ether oxygens (including phenoxy) is 2. The van der Waals surface area contributed by atoms with Crippen LogP contribution in [0.1, 0.15) is 24.0 Å². The number of anilines is 2. The van der Waals surface area contributed by atoms with E-state index in [1.165, 1.54) is 0 Å². The quantitative estimate of drug-likeness (QED) is 0.452. The number of aliphatic hydroxyl groups is 1. The number of amides is 3. The van der Waals surface area contributed by atoms with E-state index in [4.69, 9.17) is 9.47 Å². The zero-order valence-electron chi connectivity index (χ0n) is 20.9. The zero-order chi connectivity index (χ0) is 29.4. The summed E-state index contributed by atoms with van der Waals surface area (Å²) in [5, 5.41) is 9.59. The van der Waals surface area contributed by atoms with E-state index >= 15 is 0 Å². The summed E-state index contributed by atoms with van der Waals surface area (Å²) in [6.45, 7) is -0.411. The highest BCUT2D eigenvalue weighted by atomic mass is 19.4. The molecule has 0 spiro atoms. The van der Waals surface area contributed by atoms with Crippen molar-refractivity contribution in [3.63, 3.8) is 0 Å². The van der Waals surface area contributed by atoms with E-state index in [1.807, 2.05) is 0 Å². The lowest BCUT2D eigenvalue weighted by atomic mass is 9.92. The predicted octanol–water partition coefficient (Wildman–Crippen LogP) is 5.28. The molecule has 1 N–H and O–H groups in total. The van der Waals surface area contributed by atoms with Crippen molar-refractivity contribution in [3.8, 4) is 5.75 Å². The molecular formula is C25H24F7N3O5. The minimum absolute atomic E-state index is 0.0119. The highest BCUT2D eigenvalue weighted by Gasteiger charge is 2.44. The molecule has 2 aromatic rings. The van der Waals surface area contributed by atoms with Crippen molar-refractivity contribution < 1.29 is 54.9 Å². The number of carbonyl (C=O) groups excluding carboxylic acids is 2. The molecule has 2 aliphatic rings. The molecule has 2 atom stereocenters. The SMILES string of the molecule is CN(C(=O)Oc1c(N2CCN(CCOC3CCC3O)C2=O)cc(C(F)(F)F)cc1C(F)(F)F)c1ccc(F)cc1. The van der Waals surface area contributed by atoms with Crippen molar-refractivity contribution in [2.75, 3.05) is 43.1 Å². The van der Waals surface area contributed by atoms with Crippen LogP contribution in [-0.2, 0) is 17.1 Å². The minimum Gasteiger partial charge on any atom is -0.407 e. The molecule has 218 valence electrons. The third-order valence-electron chi connectivity index (χ3n) is 6.63. The summed E-state index contributed by atoms with van der Waals surface area (Å²) < 4.78 is 107. The number of halogens is 7. The van der Waals surface area contributed by atoms with Gasteiger partial charge in [-0.25, -0.2) is 14.0 Å². The lowest BCUT2D eigenvalue weighted by Gasteiger charge is -2.32. The van der Waals surface area contributed by atoms with E-state index in [0.29, 0.717) is 23.8 Å². The summed E-state index contributed by atoms with van der Waals surface area (Å²) >= 11 is 0.